The van der Waals surface area contributed by atoms with Crippen molar-refractivity contribution in [1.29, 1.82) is 0 Å². The van der Waals surface area contributed by atoms with Crippen molar-refractivity contribution in [2.75, 3.05) is 18.5 Å². The highest BCUT2D eigenvalue weighted by Gasteiger charge is 2.08. The van der Waals surface area contributed by atoms with E-state index in [2.05, 4.69) is 5.32 Å². The molecule has 0 atom stereocenters. The molecule has 5 nitrogen and oxygen atoms in total. The Bertz CT molecular complexity index is 668. The van der Waals surface area contributed by atoms with Gasteiger partial charge in [0.15, 0.2) is 0 Å². The number of carbonyl (C=O) groups is 2. The van der Waals surface area contributed by atoms with Gasteiger partial charge in [0.1, 0.15) is 5.75 Å². The second kappa shape index (κ2) is 10.1. The van der Waals surface area contributed by atoms with Crippen molar-refractivity contribution in [3.05, 3.63) is 60.2 Å². The van der Waals surface area contributed by atoms with Crippen LogP contribution >= 0.6 is 0 Å². The zero-order chi connectivity index (χ0) is 17.9. The number of carbonyl (C=O) groups excluding carboxylic acids is 2. The molecule has 5 heteroatoms. The monoisotopic (exact) mass is 341 g/mol. The quantitative estimate of drug-likeness (QED) is 0.708. The summed E-state index contributed by atoms with van der Waals surface area (Å²) in [5.74, 6) is 0.171. The van der Waals surface area contributed by atoms with Gasteiger partial charge in [-0.05, 0) is 36.8 Å². The topological polar surface area (TPSA) is 64.6 Å². The van der Waals surface area contributed by atoms with Crippen molar-refractivity contribution < 1.29 is 19.1 Å². The van der Waals surface area contributed by atoms with Crippen LogP contribution in [0.25, 0.3) is 0 Å². The van der Waals surface area contributed by atoms with E-state index in [0.29, 0.717) is 25.3 Å². The van der Waals surface area contributed by atoms with Crippen molar-refractivity contribution in [2.45, 2.75) is 26.2 Å². The Morgan fingerprint density at radius 3 is 2.36 bits per heavy atom. The van der Waals surface area contributed by atoms with Gasteiger partial charge >= 0.3 is 5.97 Å². The second-order valence-corrected chi connectivity index (χ2v) is 5.46. The lowest BCUT2D eigenvalue weighted by Crippen LogP contribution is -2.15. The zero-order valence-corrected chi connectivity index (χ0v) is 14.4. The molecule has 0 unspecified atom stereocenters. The smallest absolute Gasteiger partial charge is 0.306 e. The number of benzene rings is 2. The highest BCUT2D eigenvalue weighted by Crippen LogP contribution is 2.15. The van der Waals surface area contributed by atoms with Crippen LogP contribution < -0.4 is 10.1 Å². The number of amides is 1. The molecule has 0 saturated heterocycles. The van der Waals surface area contributed by atoms with Gasteiger partial charge in [-0.2, -0.15) is 0 Å². The predicted molar refractivity (Wildman–Crippen MR) is 96.6 cm³/mol. The number of rotatable bonds is 9. The molecule has 0 spiro atoms. The molecule has 2 rings (SSSR count). The van der Waals surface area contributed by atoms with Crippen LogP contribution in [0.15, 0.2) is 54.6 Å². The number of hydrogen-bond donors (Lipinski definition) is 1. The van der Waals surface area contributed by atoms with Crippen LogP contribution in [0.1, 0.15) is 25.3 Å². The maximum absolute atomic E-state index is 11.9. The summed E-state index contributed by atoms with van der Waals surface area (Å²) < 4.78 is 10.5. The first kappa shape index (κ1) is 18.5. The van der Waals surface area contributed by atoms with E-state index >= 15 is 0 Å². The summed E-state index contributed by atoms with van der Waals surface area (Å²) in [6.45, 7) is 2.83. The summed E-state index contributed by atoms with van der Waals surface area (Å²) in [6.07, 6.45) is 0.833. The number of anilines is 1. The summed E-state index contributed by atoms with van der Waals surface area (Å²) in [4.78, 5) is 23.6. The van der Waals surface area contributed by atoms with Crippen LogP contribution in [0.4, 0.5) is 5.69 Å². The summed E-state index contributed by atoms with van der Waals surface area (Å²) in [7, 11) is 0. The zero-order valence-electron chi connectivity index (χ0n) is 14.4. The Morgan fingerprint density at radius 1 is 0.960 bits per heavy atom. The Kier molecular flexibility index (Phi) is 7.50. The van der Waals surface area contributed by atoms with Gasteiger partial charge in [-0.15, -0.1) is 0 Å². The largest absolute Gasteiger partial charge is 0.494 e. The van der Waals surface area contributed by atoms with E-state index in [0.717, 1.165) is 11.3 Å². The highest BCUT2D eigenvalue weighted by atomic mass is 16.5. The third kappa shape index (κ3) is 7.08. The van der Waals surface area contributed by atoms with Gasteiger partial charge in [0, 0.05) is 18.5 Å². The lowest BCUT2D eigenvalue weighted by Gasteiger charge is -2.07. The van der Waals surface area contributed by atoms with Gasteiger partial charge < -0.3 is 14.8 Å². The van der Waals surface area contributed by atoms with E-state index in [1.807, 2.05) is 37.3 Å². The van der Waals surface area contributed by atoms with Crippen molar-refractivity contribution in [3.8, 4) is 5.75 Å². The first-order valence-corrected chi connectivity index (χ1v) is 8.39. The maximum atomic E-state index is 11.9. The Morgan fingerprint density at radius 2 is 1.68 bits per heavy atom. The fraction of sp³-hybridized carbons (Fsp3) is 0.300. The number of hydrogen-bond acceptors (Lipinski definition) is 4. The second-order valence-electron chi connectivity index (χ2n) is 5.46. The van der Waals surface area contributed by atoms with E-state index in [1.54, 1.807) is 24.3 Å². The molecule has 0 aromatic heterocycles. The number of ether oxygens (including phenoxy) is 2. The van der Waals surface area contributed by atoms with Crippen molar-refractivity contribution in [1.82, 2.24) is 0 Å². The minimum atomic E-state index is -0.363. The van der Waals surface area contributed by atoms with Gasteiger partial charge in [-0.3, -0.25) is 9.59 Å². The molecule has 1 N–H and O–H groups in total. The lowest BCUT2D eigenvalue weighted by atomic mass is 10.2. The molecule has 25 heavy (non-hydrogen) atoms. The van der Waals surface area contributed by atoms with Crippen molar-refractivity contribution in [2.24, 2.45) is 0 Å². The number of esters is 1. The van der Waals surface area contributed by atoms with Crippen LogP contribution in [0.3, 0.4) is 0 Å². The molecule has 2 aromatic rings. The van der Waals surface area contributed by atoms with Gasteiger partial charge in [0.05, 0.1) is 19.6 Å². The number of nitrogens with one attached hydrogen (secondary N) is 1. The summed E-state index contributed by atoms with van der Waals surface area (Å²) in [5.41, 5.74) is 1.79. The molecule has 0 aliphatic rings. The molecule has 0 aliphatic heterocycles. The van der Waals surface area contributed by atoms with Crippen LogP contribution in [0.5, 0.6) is 5.75 Å². The van der Waals surface area contributed by atoms with Crippen LogP contribution in [0, 0.1) is 0 Å². The molecular weight excluding hydrogens is 318 g/mol. The van der Waals surface area contributed by atoms with Gasteiger partial charge in [0.25, 0.3) is 0 Å². The molecule has 0 saturated carbocycles. The minimum Gasteiger partial charge on any atom is -0.494 e. The predicted octanol–water partition coefficient (Wildman–Crippen LogP) is 3.59. The molecular formula is C20H23NO4. The average Bonchev–Trinajstić information content (AvgIpc) is 2.63. The summed E-state index contributed by atoms with van der Waals surface area (Å²) in [6, 6.07) is 16.9. The van der Waals surface area contributed by atoms with Crippen LogP contribution in [-0.2, 0) is 20.7 Å². The van der Waals surface area contributed by atoms with E-state index in [-0.39, 0.29) is 24.7 Å². The Balaban J connectivity index is 1.64. The lowest BCUT2D eigenvalue weighted by molar-refractivity contribution is -0.144. The molecule has 0 bridgehead atoms. The van der Waals surface area contributed by atoms with Crippen LogP contribution in [-0.4, -0.2) is 25.1 Å². The molecule has 1 amide bonds. The SMILES string of the molecule is CCOc1ccc(NC(=O)CCC(=O)OCCc2ccccc2)cc1. The van der Waals surface area contributed by atoms with E-state index < -0.39 is 0 Å². The van der Waals surface area contributed by atoms with Gasteiger partial charge in [-0.1, -0.05) is 30.3 Å². The van der Waals surface area contributed by atoms with E-state index in [1.165, 1.54) is 0 Å². The average molecular weight is 341 g/mol. The third-order valence-corrected chi connectivity index (χ3v) is 3.50. The van der Waals surface area contributed by atoms with E-state index in [4.69, 9.17) is 9.47 Å². The highest BCUT2D eigenvalue weighted by molar-refractivity contribution is 5.92. The normalized spacial score (nSPS) is 10.1. The molecule has 2 aromatic carbocycles. The van der Waals surface area contributed by atoms with E-state index in [9.17, 15) is 9.59 Å². The Labute approximate surface area is 148 Å². The fourth-order valence-electron chi connectivity index (χ4n) is 2.24. The first-order chi connectivity index (χ1) is 12.2. The van der Waals surface area contributed by atoms with Crippen LogP contribution in [0.2, 0.25) is 0 Å². The molecule has 0 fully saturated rings. The maximum Gasteiger partial charge on any atom is 0.306 e. The van der Waals surface area contributed by atoms with Gasteiger partial charge in [0.2, 0.25) is 5.91 Å². The molecule has 0 aliphatic carbocycles. The standard InChI is InChI=1S/C20H23NO4/c1-2-24-18-10-8-17(9-11-18)21-19(22)12-13-20(23)25-15-14-16-6-4-3-5-7-16/h3-11H,2,12-15H2,1H3,(H,21,22). The fourth-order valence-corrected chi connectivity index (χ4v) is 2.24. The summed E-state index contributed by atoms with van der Waals surface area (Å²) in [5, 5.41) is 2.75. The van der Waals surface area contributed by atoms with Crippen molar-refractivity contribution in [3.63, 3.8) is 0 Å². The van der Waals surface area contributed by atoms with Crippen molar-refractivity contribution >= 4 is 17.6 Å². The molecule has 0 radical (unpaired) electrons. The summed E-state index contributed by atoms with van der Waals surface area (Å²) >= 11 is 0. The van der Waals surface area contributed by atoms with Gasteiger partial charge in [-0.25, -0.2) is 0 Å². The third-order valence-electron chi connectivity index (χ3n) is 3.50. The molecule has 0 heterocycles. The first-order valence-electron chi connectivity index (χ1n) is 8.39. The minimum absolute atomic E-state index is 0.0671. The Hall–Kier alpha value is -2.82. The molecule has 132 valence electrons.